The third kappa shape index (κ3) is 5.34. The van der Waals surface area contributed by atoms with Crippen molar-refractivity contribution in [1.82, 2.24) is 9.80 Å². The highest BCUT2D eigenvalue weighted by atomic mass is 35.5. The van der Waals surface area contributed by atoms with E-state index in [2.05, 4.69) is 4.90 Å². The molecule has 0 aliphatic carbocycles. The first-order valence-electron chi connectivity index (χ1n) is 9.57. The van der Waals surface area contributed by atoms with Crippen LogP contribution in [0.25, 0.3) is 0 Å². The highest BCUT2D eigenvalue weighted by molar-refractivity contribution is 6.30. The SMILES string of the molecule is COc1ccc(CC(=O)N2CCN(Cc3cc(Cl)ccc3OC)CC2)c(OC)c1. The van der Waals surface area contributed by atoms with E-state index in [1.54, 1.807) is 27.4 Å². The van der Waals surface area contributed by atoms with Gasteiger partial charge in [0.15, 0.2) is 0 Å². The Morgan fingerprint density at radius 3 is 2.28 bits per heavy atom. The van der Waals surface area contributed by atoms with Crippen LogP contribution in [0.1, 0.15) is 11.1 Å². The maximum Gasteiger partial charge on any atom is 0.227 e. The van der Waals surface area contributed by atoms with Crippen molar-refractivity contribution in [2.75, 3.05) is 47.5 Å². The van der Waals surface area contributed by atoms with Gasteiger partial charge in [-0.05, 0) is 24.3 Å². The molecule has 0 aromatic heterocycles. The van der Waals surface area contributed by atoms with Gasteiger partial charge in [-0.2, -0.15) is 0 Å². The maximum atomic E-state index is 12.8. The molecule has 6 nitrogen and oxygen atoms in total. The Labute approximate surface area is 176 Å². The van der Waals surface area contributed by atoms with E-state index in [1.807, 2.05) is 35.2 Å². The van der Waals surface area contributed by atoms with Crippen molar-refractivity contribution < 1.29 is 19.0 Å². The fourth-order valence-electron chi connectivity index (χ4n) is 3.54. The number of rotatable bonds is 7. The topological polar surface area (TPSA) is 51.2 Å². The fourth-order valence-corrected chi connectivity index (χ4v) is 3.73. The number of carbonyl (C=O) groups is 1. The monoisotopic (exact) mass is 418 g/mol. The molecule has 1 fully saturated rings. The van der Waals surface area contributed by atoms with Crippen molar-refractivity contribution in [3.8, 4) is 17.2 Å². The summed E-state index contributed by atoms with van der Waals surface area (Å²) in [7, 11) is 4.88. The van der Waals surface area contributed by atoms with Gasteiger partial charge in [0.2, 0.25) is 5.91 Å². The minimum atomic E-state index is 0.105. The average Bonchev–Trinajstić information content (AvgIpc) is 2.74. The lowest BCUT2D eigenvalue weighted by Crippen LogP contribution is -2.48. The number of nitrogens with zero attached hydrogens (tertiary/aromatic N) is 2. The van der Waals surface area contributed by atoms with Crippen molar-refractivity contribution >= 4 is 17.5 Å². The van der Waals surface area contributed by atoms with Crippen molar-refractivity contribution in [2.24, 2.45) is 0 Å². The Bertz CT molecular complexity index is 851. The summed E-state index contributed by atoms with van der Waals surface area (Å²) >= 11 is 6.13. The summed E-state index contributed by atoms with van der Waals surface area (Å²) in [6, 6.07) is 11.2. The standard InChI is InChI=1S/C22H27ClN2O4/c1-27-19-6-4-16(21(14-19)29-3)13-22(26)25-10-8-24(9-11-25)15-17-12-18(23)5-7-20(17)28-2/h4-7,12,14H,8-11,13,15H2,1-3H3. The molecule has 156 valence electrons. The van der Waals surface area contributed by atoms with Crippen molar-refractivity contribution in [3.63, 3.8) is 0 Å². The van der Waals surface area contributed by atoms with Gasteiger partial charge in [0, 0.05) is 54.9 Å². The van der Waals surface area contributed by atoms with E-state index in [0.29, 0.717) is 36.0 Å². The number of benzene rings is 2. The quantitative estimate of drug-likeness (QED) is 0.690. The molecule has 2 aromatic rings. The summed E-state index contributed by atoms with van der Waals surface area (Å²) in [6.07, 6.45) is 0.315. The molecule has 29 heavy (non-hydrogen) atoms. The fraction of sp³-hybridized carbons (Fsp3) is 0.409. The van der Waals surface area contributed by atoms with Gasteiger partial charge in [0.05, 0.1) is 27.8 Å². The van der Waals surface area contributed by atoms with Crippen LogP contribution in [-0.2, 0) is 17.8 Å². The molecule has 2 aromatic carbocycles. The average molecular weight is 419 g/mol. The number of halogens is 1. The smallest absolute Gasteiger partial charge is 0.227 e. The molecule has 0 radical (unpaired) electrons. The molecule has 0 N–H and O–H groups in total. The van der Waals surface area contributed by atoms with Crippen LogP contribution < -0.4 is 14.2 Å². The van der Waals surface area contributed by atoms with Gasteiger partial charge in [0.25, 0.3) is 0 Å². The lowest BCUT2D eigenvalue weighted by molar-refractivity contribution is -0.132. The number of amides is 1. The van der Waals surface area contributed by atoms with Gasteiger partial charge in [-0.1, -0.05) is 17.7 Å². The zero-order valence-corrected chi connectivity index (χ0v) is 17.9. The van der Waals surface area contributed by atoms with Crippen LogP contribution in [0.3, 0.4) is 0 Å². The van der Waals surface area contributed by atoms with Crippen molar-refractivity contribution in [3.05, 3.63) is 52.5 Å². The highest BCUT2D eigenvalue weighted by Gasteiger charge is 2.23. The van der Waals surface area contributed by atoms with Crippen LogP contribution in [0.5, 0.6) is 17.2 Å². The molecule has 0 saturated carbocycles. The van der Waals surface area contributed by atoms with Crippen LogP contribution in [0.2, 0.25) is 5.02 Å². The zero-order chi connectivity index (χ0) is 20.8. The number of methoxy groups -OCH3 is 3. The molecule has 0 bridgehead atoms. The van der Waals surface area contributed by atoms with Gasteiger partial charge >= 0.3 is 0 Å². The normalized spacial score (nSPS) is 14.6. The van der Waals surface area contributed by atoms with Crippen LogP contribution in [-0.4, -0.2) is 63.2 Å². The zero-order valence-electron chi connectivity index (χ0n) is 17.1. The Balaban J connectivity index is 1.57. The van der Waals surface area contributed by atoms with E-state index in [9.17, 15) is 4.79 Å². The minimum absolute atomic E-state index is 0.105. The summed E-state index contributed by atoms with van der Waals surface area (Å²) in [5, 5.41) is 0.697. The van der Waals surface area contributed by atoms with Crippen molar-refractivity contribution in [1.29, 1.82) is 0 Å². The summed E-state index contributed by atoms with van der Waals surface area (Å²) in [6.45, 7) is 3.75. The third-order valence-electron chi connectivity index (χ3n) is 5.20. The largest absolute Gasteiger partial charge is 0.497 e. The molecule has 1 amide bonds. The molecule has 1 heterocycles. The first-order valence-corrected chi connectivity index (χ1v) is 9.95. The van der Waals surface area contributed by atoms with E-state index >= 15 is 0 Å². The van der Waals surface area contributed by atoms with Crippen LogP contribution in [0, 0.1) is 0 Å². The lowest BCUT2D eigenvalue weighted by atomic mass is 10.1. The molecule has 1 aliphatic heterocycles. The van der Waals surface area contributed by atoms with E-state index in [-0.39, 0.29) is 5.91 Å². The summed E-state index contributed by atoms with van der Waals surface area (Å²) < 4.78 is 16.1. The molecule has 0 atom stereocenters. The molecule has 0 spiro atoms. The Morgan fingerprint density at radius 1 is 0.897 bits per heavy atom. The van der Waals surface area contributed by atoms with Gasteiger partial charge in [-0.25, -0.2) is 0 Å². The third-order valence-corrected chi connectivity index (χ3v) is 5.43. The predicted octanol–water partition coefficient (Wildman–Crippen LogP) is 3.25. The Kier molecular flexibility index (Phi) is 7.23. The maximum absolute atomic E-state index is 12.8. The van der Waals surface area contributed by atoms with E-state index in [4.69, 9.17) is 25.8 Å². The van der Waals surface area contributed by atoms with Crippen LogP contribution >= 0.6 is 11.6 Å². The second-order valence-corrected chi connectivity index (χ2v) is 7.40. The predicted molar refractivity (Wildman–Crippen MR) is 113 cm³/mol. The summed E-state index contributed by atoms with van der Waals surface area (Å²) in [4.78, 5) is 17.0. The first kappa shape index (κ1) is 21.3. The van der Waals surface area contributed by atoms with Crippen LogP contribution in [0.15, 0.2) is 36.4 Å². The number of hydrogen-bond acceptors (Lipinski definition) is 5. The van der Waals surface area contributed by atoms with Gasteiger partial charge < -0.3 is 19.1 Å². The highest BCUT2D eigenvalue weighted by Crippen LogP contribution is 2.26. The number of carbonyl (C=O) groups excluding carboxylic acids is 1. The Morgan fingerprint density at radius 2 is 1.62 bits per heavy atom. The second kappa shape index (κ2) is 9.85. The van der Waals surface area contributed by atoms with E-state index in [0.717, 1.165) is 36.5 Å². The Hall–Kier alpha value is -2.44. The molecule has 1 aliphatic rings. The molecular weight excluding hydrogens is 392 g/mol. The molecule has 1 saturated heterocycles. The van der Waals surface area contributed by atoms with E-state index < -0.39 is 0 Å². The van der Waals surface area contributed by atoms with Crippen molar-refractivity contribution in [2.45, 2.75) is 13.0 Å². The number of hydrogen-bond donors (Lipinski definition) is 0. The van der Waals surface area contributed by atoms with Gasteiger partial charge in [-0.15, -0.1) is 0 Å². The number of ether oxygens (including phenoxy) is 3. The molecule has 0 unspecified atom stereocenters. The van der Waals surface area contributed by atoms with Gasteiger partial charge in [0.1, 0.15) is 17.2 Å². The first-order chi connectivity index (χ1) is 14.0. The van der Waals surface area contributed by atoms with Crippen LogP contribution in [0.4, 0.5) is 0 Å². The van der Waals surface area contributed by atoms with E-state index in [1.165, 1.54) is 0 Å². The summed E-state index contributed by atoms with van der Waals surface area (Å²) in [5.74, 6) is 2.32. The molecule has 7 heteroatoms. The second-order valence-electron chi connectivity index (χ2n) is 6.97. The molecular formula is C22H27ClN2O4. The minimum Gasteiger partial charge on any atom is -0.497 e. The number of piperazine rings is 1. The lowest BCUT2D eigenvalue weighted by Gasteiger charge is -2.35. The molecule has 3 rings (SSSR count). The summed E-state index contributed by atoms with van der Waals surface area (Å²) in [5.41, 5.74) is 1.92. The van der Waals surface area contributed by atoms with Gasteiger partial charge in [-0.3, -0.25) is 9.69 Å².